The second kappa shape index (κ2) is 8.72. The Balaban J connectivity index is 1.61. The number of benzene rings is 2. The summed E-state index contributed by atoms with van der Waals surface area (Å²) >= 11 is 0. The van der Waals surface area contributed by atoms with Crippen molar-refractivity contribution in [1.82, 2.24) is 4.90 Å². The van der Waals surface area contributed by atoms with Gasteiger partial charge in [0.1, 0.15) is 12.6 Å². The van der Waals surface area contributed by atoms with Crippen molar-refractivity contribution < 1.29 is 19.0 Å². The van der Waals surface area contributed by atoms with Gasteiger partial charge in [0.2, 0.25) is 0 Å². The van der Waals surface area contributed by atoms with E-state index in [0.717, 1.165) is 30.5 Å². The Bertz CT molecular complexity index is 732. The number of hydrogen-bond acceptors (Lipinski definition) is 5. The van der Waals surface area contributed by atoms with Crippen molar-refractivity contribution >= 4 is 5.97 Å². The fourth-order valence-corrected chi connectivity index (χ4v) is 3.32. The minimum Gasteiger partial charge on any atom is -0.493 e. The van der Waals surface area contributed by atoms with Crippen molar-refractivity contribution in [3.05, 3.63) is 59.7 Å². The summed E-state index contributed by atoms with van der Waals surface area (Å²) in [5, 5.41) is 0. The van der Waals surface area contributed by atoms with Crippen molar-refractivity contribution in [2.24, 2.45) is 0 Å². The summed E-state index contributed by atoms with van der Waals surface area (Å²) < 4.78 is 16.2. The number of likely N-dealkylation sites (tertiary alicyclic amines) is 1. The van der Waals surface area contributed by atoms with E-state index >= 15 is 0 Å². The van der Waals surface area contributed by atoms with Crippen LogP contribution in [-0.4, -0.2) is 37.7 Å². The summed E-state index contributed by atoms with van der Waals surface area (Å²) in [6, 6.07) is 15.4. The Kier molecular flexibility index (Phi) is 6.12. The highest BCUT2D eigenvalue weighted by Gasteiger charge is 2.32. The van der Waals surface area contributed by atoms with Crippen LogP contribution in [0.1, 0.15) is 24.0 Å². The Morgan fingerprint density at radius 3 is 2.54 bits per heavy atom. The Hall–Kier alpha value is -2.53. The first-order valence-corrected chi connectivity index (χ1v) is 8.87. The number of methoxy groups -OCH3 is 2. The first-order valence-electron chi connectivity index (χ1n) is 8.87. The lowest BCUT2D eigenvalue weighted by Gasteiger charge is -2.23. The molecule has 0 saturated carbocycles. The highest BCUT2D eigenvalue weighted by molar-refractivity contribution is 5.76. The molecule has 1 fully saturated rings. The molecule has 1 heterocycles. The van der Waals surface area contributed by atoms with Gasteiger partial charge in [-0.25, -0.2) is 0 Å². The predicted molar refractivity (Wildman–Crippen MR) is 99.2 cm³/mol. The van der Waals surface area contributed by atoms with E-state index in [0.29, 0.717) is 24.7 Å². The molecule has 2 aromatic rings. The summed E-state index contributed by atoms with van der Waals surface area (Å²) in [7, 11) is 3.25. The van der Waals surface area contributed by atoms with Crippen LogP contribution in [0.2, 0.25) is 0 Å². The molecule has 2 aromatic carbocycles. The van der Waals surface area contributed by atoms with Gasteiger partial charge >= 0.3 is 5.97 Å². The van der Waals surface area contributed by atoms with Gasteiger partial charge in [0.15, 0.2) is 11.5 Å². The Labute approximate surface area is 154 Å². The zero-order valence-corrected chi connectivity index (χ0v) is 15.3. The fourth-order valence-electron chi connectivity index (χ4n) is 3.32. The van der Waals surface area contributed by atoms with Crippen molar-refractivity contribution in [3.63, 3.8) is 0 Å². The highest BCUT2D eigenvalue weighted by atomic mass is 16.5. The lowest BCUT2D eigenvalue weighted by Crippen LogP contribution is -2.36. The summed E-state index contributed by atoms with van der Waals surface area (Å²) in [6.45, 7) is 1.89. The smallest absolute Gasteiger partial charge is 0.323 e. The molecule has 0 radical (unpaired) electrons. The maximum absolute atomic E-state index is 12.5. The second-order valence-electron chi connectivity index (χ2n) is 6.41. The molecule has 3 rings (SSSR count). The fraction of sp³-hybridized carbons (Fsp3) is 0.381. The molecular weight excluding hydrogens is 330 g/mol. The number of carbonyl (C=O) groups is 1. The lowest BCUT2D eigenvalue weighted by molar-refractivity contribution is -0.150. The van der Waals surface area contributed by atoms with Crippen LogP contribution in [0.15, 0.2) is 48.5 Å². The van der Waals surface area contributed by atoms with Crippen molar-refractivity contribution in [2.75, 3.05) is 20.8 Å². The topological polar surface area (TPSA) is 48.0 Å². The molecule has 1 saturated heterocycles. The predicted octanol–water partition coefficient (Wildman–Crippen LogP) is 3.41. The summed E-state index contributed by atoms with van der Waals surface area (Å²) in [4.78, 5) is 14.7. The molecule has 0 bridgehead atoms. The summed E-state index contributed by atoms with van der Waals surface area (Å²) in [5.74, 6) is 1.26. The third kappa shape index (κ3) is 4.35. The molecule has 1 aliphatic heterocycles. The third-order valence-electron chi connectivity index (χ3n) is 4.69. The van der Waals surface area contributed by atoms with Gasteiger partial charge in [-0.3, -0.25) is 9.69 Å². The maximum atomic E-state index is 12.5. The van der Waals surface area contributed by atoms with Crippen LogP contribution in [0.25, 0.3) is 0 Å². The van der Waals surface area contributed by atoms with Gasteiger partial charge in [-0.15, -0.1) is 0 Å². The molecule has 1 unspecified atom stereocenters. The van der Waals surface area contributed by atoms with E-state index in [4.69, 9.17) is 14.2 Å². The molecule has 5 nitrogen and oxygen atoms in total. The molecule has 1 atom stereocenters. The summed E-state index contributed by atoms with van der Waals surface area (Å²) in [5.41, 5.74) is 2.09. The molecule has 0 spiro atoms. The minimum absolute atomic E-state index is 0.146. The average Bonchev–Trinajstić information content (AvgIpc) is 3.15. The van der Waals surface area contributed by atoms with E-state index in [9.17, 15) is 4.79 Å². The molecule has 0 aliphatic carbocycles. The van der Waals surface area contributed by atoms with Crippen LogP contribution in [0.4, 0.5) is 0 Å². The van der Waals surface area contributed by atoms with Crippen molar-refractivity contribution in [1.29, 1.82) is 0 Å². The standard InChI is InChI=1S/C21H25NO4/c1-24-19-11-10-17(13-20(19)25-2)14-22-12-6-9-18(22)21(23)26-15-16-7-4-3-5-8-16/h3-5,7-8,10-11,13,18H,6,9,12,14-15H2,1-2H3. The van der Waals surface area contributed by atoms with Crippen molar-refractivity contribution in [2.45, 2.75) is 32.0 Å². The van der Waals surface area contributed by atoms with Gasteiger partial charge in [-0.05, 0) is 42.6 Å². The Morgan fingerprint density at radius 2 is 1.81 bits per heavy atom. The third-order valence-corrected chi connectivity index (χ3v) is 4.69. The normalized spacial score (nSPS) is 17.1. The molecule has 0 amide bonds. The quantitative estimate of drug-likeness (QED) is 0.713. The van der Waals surface area contributed by atoms with E-state index in [1.54, 1.807) is 14.2 Å². The van der Waals surface area contributed by atoms with E-state index in [1.807, 2.05) is 48.5 Å². The van der Waals surface area contributed by atoms with E-state index in [1.165, 1.54) is 0 Å². The van der Waals surface area contributed by atoms with E-state index in [-0.39, 0.29) is 12.0 Å². The highest BCUT2D eigenvalue weighted by Crippen LogP contribution is 2.29. The molecule has 26 heavy (non-hydrogen) atoms. The zero-order chi connectivity index (χ0) is 18.4. The molecule has 138 valence electrons. The lowest BCUT2D eigenvalue weighted by atomic mass is 10.1. The molecule has 0 aromatic heterocycles. The van der Waals surface area contributed by atoms with Gasteiger partial charge in [-0.1, -0.05) is 36.4 Å². The molecule has 1 aliphatic rings. The number of esters is 1. The van der Waals surface area contributed by atoms with Crippen LogP contribution in [0, 0.1) is 0 Å². The molecule has 0 N–H and O–H groups in total. The monoisotopic (exact) mass is 355 g/mol. The van der Waals surface area contributed by atoms with Gasteiger partial charge in [-0.2, -0.15) is 0 Å². The number of rotatable bonds is 7. The van der Waals surface area contributed by atoms with E-state index in [2.05, 4.69) is 4.90 Å². The number of ether oxygens (including phenoxy) is 3. The molecule has 5 heteroatoms. The van der Waals surface area contributed by atoms with Crippen LogP contribution in [-0.2, 0) is 22.7 Å². The Morgan fingerprint density at radius 1 is 1.04 bits per heavy atom. The largest absolute Gasteiger partial charge is 0.493 e. The first kappa shape index (κ1) is 18.3. The number of hydrogen-bond donors (Lipinski definition) is 0. The van der Waals surface area contributed by atoms with Crippen LogP contribution in [0.5, 0.6) is 11.5 Å². The van der Waals surface area contributed by atoms with Crippen molar-refractivity contribution in [3.8, 4) is 11.5 Å². The zero-order valence-electron chi connectivity index (χ0n) is 15.3. The van der Waals surface area contributed by atoms with Gasteiger partial charge < -0.3 is 14.2 Å². The van der Waals surface area contributed by atoms with E-state index < -0.39 is 0 Å². The van der Waals surface area contributed by atoms with Gasteiger partial charge in [0, 0.05) is 6.54 Å². The number of nitrogens with zero attached hydrogens (tertiary/aromatic N) is 1. The minimum atomic E-state index is -0.188. The van der Waals surface area contributed by atoms with Crippen LogP contribution >= 0.6 is 0 Å². The van der Waals surface area contributed by atoms with Gasteiger partial charge in [0.25, 0.3) is 0 Å². The molecular formula is C21H25NO4. The first-order chi connectivity index (χ1) is 12.7. The van der Waals surface area contributed by atoms with Crippen LogP contribution in [0.3, 0.4) is 0 Å². The van der Waals surface area contributed by atoms with Crippen LogP contribution < -0.4 is 9.47 Å². The summed E-state index contributed by atoms with van der Waals surface area (Å²) in [6.07, 6.45) is 1.83. The maximum Gasteiger partial charge on any atom is 0.323 e. The van der Waals surface area contributed by atoms with Gasteiger partial charge in [0.05, 0.1) is 14.2 Å². The average molecular weight is 355 g/mol. The number of carbonyl (C=O) groups excluding carboxylic acids is 1. The second-order valence-corrected chi connectivity index (χ2v) is 6.41. The SMILES string of the molecule is COc1ccc(CN2CCCC2C(=O)OCc2ccccc2)cc1OC.